The summed E-state index contributed by atoms with van der Waals surface area (Å²) in [5.41, 5.74) is 1.96. The molecule has 3 nitrogen and oxygen atoms in total. The van der Waals surface area contributed by atoms with E-state index in [1.54, 1.807) is 0 Å². The second-order valence-electron chi connectivity index (χ2n) is 5.38. The number of aryl methyl sites for hydroxylation is 1. The second-order valence-corrected chi connectivity index (χ2v) is 5.38. The van der Waals surface area contributed by atoms with E-state index in [1.165, 1.54) is 0 Å². The number of carbonyl (C=O) groups is 1. The lowest BCUT2D eigenvalue weighted by Gasteiger charge is -2.08. The number of nitrogens with one attached hydrogen (secondary N) is 1. The van der Waals surface area contributed by atoms with Crippen LogP contribution in [0.15, 0.2) is 40.8 Å². The Morgan fingerprint density at radius 1 is 1.40 bits per heavy atom. The number of hydrogen-bond donors (Lipinski definition) is 1. The van der Waals surface area contributed by atoms with E-state index in [4.69, 9.17) is 4.42 Å². The van der Waals surface area contributed by atoms with E-state index < -0.39 is 0 Å². The molecule has 1 amide bonds. The molecule has 0 aliphatic heterocycles. The van der Waals surface area contributed by atoms with Crippen LogP contribution in [-0.4, -0.2) is 5.91 Å². The molecule has 20 heavy (non-hydrogen) atoms. The Kier molecular flexibility index (Phi) is 3.59. The molecule has 1 aliphatic carbocycles. The van der Waals surface area contributed by atoms with Crippen molar-refractivity contribution in [2.45, 2.75) is 32.7 Å². The number of hydrogen-bond acceptors (Lipinski definition) is 2. The molecule has 1 aromatic heterocycles. The van der Waals surface area contributed by atoms with Gasteiger partial charge in [0.2, 0.25) is 5.91 Å². The van der Waals surface area contributed by atoms with Crippen molar-refractivity contribution < 1.29 is 9.21 Å². The topological polar surface area (TPSA) is 42.2 Å². The molecule has 0 saturated heterocycles. The molecule has 0 fully saturated rings. The molecule has 0 unspecified atom stereocenters. The highest BCUT2D eigenvalue weighted by Crippen LogP contribution is 2.25. The number of allylic oxidation sites excluding steroid dienone is 2. The predicted octanol–water partition coefficient (Wildman–Crippen LogP) is 3.71. The van der Waals surface area contributed by atoms with Crippen LogP contribution >= 0.6 is 0 Å². The van der Waals surface area contributed by atoms with Crippen molar-refractivity contribution in [3.63, 3.8) is 0 Å². The number of fused-ring (bicyclic) bond motifs is 1. The molecule has 2 aromatic rings. The average Bonchev–Trinajstić information content (AvgIpc) is 3.03. The van der Waals surface area contributed by atoms with Crippen molar-refractivity contribution in [1.29, 1.82) is 0 Å². The summed E-state index contributed by atoms with van der Waals surface area (Å²) >= 11 is 0. The zero-order valence-electron chi connectivity index (χ0n) is 11.7. The normalized spacial score (nSPS) is 17.8. The highest BCUT2D eigenvalue weighted by atomic mass is 16.3. The Labute approximate surface area is 118 Å². The van der Waals surface area contributed by atoms with Gasteiger partial charge in [-0.1, -0.05) is 30.4 Å². The fourth-order valence-electron chi connectivity index (χ4n) is 2.80. The van der Waals surface area contributed by atoms with Gasteiger partial charge in [-0.25, -0.2) is 0 Å². The van der Waals surface area contributed by atoms with E-state index in [0.29, 0.717) is 18.9 Å². The van der Waals surface area contributed by atoms with E-state index in [1.807, 2.05) is 31.2 Å². The van der Waals surface area contributed by atoms with Gasteiger partial charge >= 0.3 is 0 Å². The fraction of sp³-hybridized carbons (Fsp3) is 0.353. The highest BCUT2D eigenvalue weighted by Gasteiger charge is 2.15. The molecule has 1 aromatic carbocycles. The van der Waals surface area contributed by atoms with Gasteiger partial charge < -0.3 is 9.73 Å². The summed E-state index contributed by atoms with van der Waals surface area (Å²) in [6.45, 7) is 2.49. The first kappa shape index (κ1) is 13.0. The van der Waals surface area contributed by atoms with Gasteiger partial charge in [0, 0.05) is 23.9 Å². The van der Waals surface area contributed by atoms with E-state index >= 15 is 0 Å². The third-order valence-corrected chi connectivity index (χ3v) is 3.92. The van der Waals surface area contributed by atoms with Crippen LogP contribution in [0.4, 0.5) is 0 Å². The maximum Gasteiger partial charge on any atom is 0.220 e. The van der Waals surface area contributed by atoms with Crippen molar-refractivity contribution in [3.05, 3.63) is 47.7 Å². The summed E-state index contributed by atoms with van der Waals surface area (Å²) in [4.78, 5) is 12.0. The molecule has 3 heteroatoms. The minimum atomic E-state index is 0.117. The van der Waals surface area contributed by atoms with Crippen LogP contribution in [0.25, 0.3) is 11.0 Å². The van der Waals surface area contributed by atoms with E-state index in [2.05, 4.69) is 17.5 Å². The van der Waals surface area contributed by atoms with E-state index in [9.17, 15) is 4.79 Å². The Bertz CT molecular complexity index is 654. The number of para-hydroxylation sites is 1. The van der Waals surface area contributed by atoms with Crippen molar-refractivity contribution >= 4 is 16.9 Å². The van der Waals surface area contributed by atoms with Crippen LogP contribution in [0.5, 0.6) is 0 Å². The molecular weight excluding hydrogens is 250 g/mol. The average molecular weight is 269 g/mol. The van der Waals surface area contributed by atoms with Gasteiger partial charge in [-0.2, -0.15) is 0 Å². The largest absolute Gasteiger partial charge is 0.461 e. The summed E-state index contributed by atoms with van der Waals surface area (Å²) in [6.07, 6.45) is 7.10. The lowest BCUT2D eigenvalue weighted by atomic mass is 10.0. The Morgan fingerprint density at radius 2 is 2.25 bits per heavy atom. The van der Waals surface area contributed by atoms with Gasteiger partial charge in [0.1, 0.15) is 11.3 Å². The maximum atomic E-state index is 12.0. The van der Waals surface area contributed by atoms with Crippen LogP contribution in [-0.2, 0) is 11.3 Å². The van der Waals surface area contributed by atoms with Crippen LogP contribution in [0, 0.1) is 12.8 Å². The standard InChI is InChI=1S/C17H19NO2/c1-12-15(14-8-4-5-9-16(14)20-12)11-18-17(19)10-13-6-2-3-7-13/h2,4-6,8-9,13H,3,7,10-11H2,1H3,(H,18,19)/t13-/m1/s1. The van der Waals surface area contributed by atoms with Crippen molar-refractivity contribution in [2.75, 3.05) is 0 Å². The van der Waals surface area contributed by atoms with Gasteiger partial charge in [-0.15, -0.1) is 0 Å². The number of rotatable bonds is 4. The lowest BCUT2D eigenvalue weighted by Crippen LogP contribution is -2.24. The molecule has 104 valence electrons. The quantitative estimate of drug-likeness (QED) is 0.860. The number of amides is 1. The van der Waals surface area contributed by atoms with Crippen molar-refractivity contribution in [3.8, 4) is 0 Å². The van der Waals surface area contributed by atoms with Crippen molar-refractivity contribution in [1.82, 2.24) is 5.32 Å². The van der Waals surface area contributed by atoms with Gasteiger partial charge in [-0.3, -0.25) is 4.79 Å². The number of carbonyl (C=O) groups excluding carboxylic acids is 1. The third-order valence-electron chi connectivity index (χ3n) is 3.92. The minimum Gasteiger partial charge on any atom is -0.461 e. The van der Waals surface area contributed by atoms with E-state index in [-0.39, 0.29) is 5.91 Å². The molecule has 1 heterocycles. The van der Waals surface area contributed by atoms with Crippen LogP contribution in [0.1, 0.15) is 30.6 Å². The van der Waals surface area contributed by atoms with Gasteiger partial charge in [0.05, 0.1) is 0 Å². The zero-order valence-corrected chi connectivity index (χ0v) is 11.7. The summed E-state index contributed by atoms with van der Waals surface area (Å²) in [5.74, 6) is 1.41. The monoisotopic (exact) mass is 269 g/mol. The van der Waals surface area contributed by atoms with Gasteiger partial charge in [0.15, 0.2) is 0 Å². The zero-order chi connectivity index (χ0) is 13.9. The molecule has 1 atom stereocenters. The van der Waals surface area contributed by atoms with Gasteiger partial charge in [0.25, 0.3) is 0 Å². The summed E-state index contributed by atoms with van der Waals surface area (Å²) in [5, 5.41) is 4.10. The SMILES string of the molecule is Cc1oc2ccccc2c1CNC(=O)C[C@@H]1C=CCC1. The van der Waals surface area contributed by atoms with E-state index in [0.717, 1.165) is 35.1 Å². The highest BCUT2D eigenvalue weighted by molar-refractivity contribution is 5.83. The van der Waals surface area contributed by atoms with Crippen molar-refractivity contribution in [2.24, 2.45) is 5.92 Å². The second kappa shape index (κ2) is 5.53. The maximum absolute atomic E-state index is 12.0. The molecule has 0 bridgehead atoms. The molecule has 1 N–H and O–H groups in total. The smallest absolute Gasteiger partial charge is 0.220 e. The molecule has 0 spiro atoms. The number of furan rings is 1. The van der Waals surface area contributed by atoms with Crippen LogP contribution in [0.3, 0.4) is 0 Å². The Hall–Kier alpha value is -2.03. The van der Waals surface area contributed by atoms with Crippen LogP contribution < -0.4 is 5.32 Å². The first-order chi connectivity index (χ1) is 9.74. The first-order valence-corrected chi connectivity index (χ1v) is 7.14. The Morgan fingerprint density at radius 3 is 3.05 bits per heavy atom. The van der Waals surface area contributed by atoms with Crippen LogP contribution in [0.2, 0.25) is 0 Å². The minimum absolute atomic E-state index is 0.117. The van der Waals surface area contributed by atoms with Gasteiger partial charge in [-0.05, 0) is 31.7 Å². The third kappa shape index (κ3) is 2.62. The first-order valence-electron chi connectivity index (χ1n) is 7.14. The summed E-state index contributed by atoms with van der Waals surface area (Å²) < 4.78 is 5.70. The molecular formula is C17H19NO2. The fourth-order valence-corrected chi connectivity index (χ4v) is 2.80. The summed E-state index contributed by atoms with van der Waals surface area (Å²) in [6, 6.07) is 7.94. The molecule has 0 saturated carbocycles. The molecule has 0 radical (unpaired) electrons. The lowest BCUT2D eigenvalue weighted by molar-refractivity contribution is -0.121. The molecule has 1 aliphatic rings. The summed E-state index contributed by atoms with van der Waals surface area (Å²) in [7, 11) is 0. The Balaban J connectivity index is 1.66. The predicted molar refractivity (Wildman–Crippen MR) is 79.3 cm³/mol. The molecule has 3 rings (SSSR count). The number of benzene rings is 1.